The van der Waals surface area contributed by atoms with Crippen LogP contribution in [0.2, 0.25) is 0 Å². The van der Waals surface area contributed by atoms with Crippen LogP contribution in [-0.4, -0.2) is 36.7 Å². The standard InChI is InChI=1S/C9H18N2O4/c1-7(12)11-8(9(13)14)5-3-4-6-10-15-2/h8,10H,3-6H2,1-2H3,(H,11,12)(H,13,14)/t8-/m0/s1. The Morgan fingerprint density at radius 3 is 2.53 bits per heavy atom. The molecule has 15 heavy (non-hydrogen) atoms. The van der Waals surface area contributed by atoms with Gasteiger partial charge in [0.25, 0.3) is 0 Å². The molecular formula is C9H18N2O4. The van der Waals surface area contributed by atoms with Crippen molar-refractivity contribution < 1.29 is 19.5 Å². The molecule has 0 rings (SSSR count). The molecule has 3 N–H and O–H groups in total. The Morgan fingerprint density at radius 2 is 2.07 bits per heavy atom. The fraction of sp³-hybridized carbons (Fsp3) is 0.778. The first-order valence-electron chi connectivity index (χ1n) is 4.83. The number of hydroxylamine groups is 1. The van der Waals surface area contributed by atoms with Gasteiger partial charge in [0, 0.05) is 13.5 Å². The summed E-state index contributed by atoms with van der Waals surface area (Å²) in [6, 6.07) is -0.787. The molecule has 1 amide bonds. The number of rotatable bonds is 8. The van der Waals surface area contributed by atoms with E-state index in [0.717, 1.165) is 6.42 Å². The lowest BCUT2D eigenvalue weighted by Crippen LogP contribution is -2.39. The van der Waals surface area contributed by atoms with Crippen LogP contribution in [0.25, 0.3) is 0 Å². The molecule has 0 aromatic rings. The average molecular weight is 218 g/mol. The zero-order valence-electron chi connectivity index (χ0n) is 9.08. The fourth-order valence-electron chi connectivity index (χ4n) is 1.15. The number of hydrogen-bond donors (Lipinski definition) is 3. The van der Waals surface area contributed by atoms with Gasteiger partial charge in [-0.15, -0.1) is 0 Å². The van der Waals surface area contributed by atoms with Gasteiger partial charge in [-0.1, -0.05) is 0 Å². The minimum Gasteiger partial charge on any atom is -0.480 e. The molecule has 0 aliphatic heterocycles. The minimum absolute atomic E-state index is 0.322. The molecule has 0 saturated carbocycles. The summed E-state index contributed by atoms with van der Waals surface area (Å²) in [5.41, 5.74) is 2.66. The zero-order valence-corrected chi connectivity index (χ0v) is 9.08. The van der Waals surface area contributed by atoms with Crippen LogP contribution in [0.15, 0.2) is 0 Å². The number of aliphatic carboxylic acids is 1. The molecule has 6 nitrogen and oxygen atoms in total. The normalized spacial score (nSPS) is 12.1. The van der Waals surface area contributed by atoms with Crippen LogP contribution >= 0.6 is 0 Å². The molecule has 0 saturated heterocycles. The summed E-state index contributed by atoms with van der Waals surface area (Å²) in [4.78, 5) is 26.0. The summed E-state index contributed by atoms with van der Waals surface area (Å²) in [6.07, 6.45) is 1.95. The maximum Gasteiger partial charge on any atom is 0.326 e. The van der Waals surface area contributed by atoms with E-state index in [9.17, 15) is 9.59 Å². The number of carbonyl (C=O) groups excluding carboxylic acids is 1. The monoisotopic (exact) mass is 218 g/mol. The summed E-state index contributed by atoms with van der Waals surface area (Å²) in [5.74, 6) is -1.32. The van der Waals surface area contributed by atoms with Gasteiger partial charge in [0.15, 0.2) is 0 Å². The number of amides is 1. The maximum absolute atomic E-state index is 10.7. The van der Waals surface area contributed by atoms with Crippen molar-refractivity contribution >= 4 is 11.9 Å². The lowest BCUT2D eigenvalue weighted by atomic mass is 10.1. The molecule has 0 aliphatic rings. The van der Waals surface area contributed by atoms with Gasteiger partial charge in [-0.2, -0.15) is 0 Å². The lowest BCUT2D eigenvalue weighted by Gasteiger charge is -2.12. The summed E-state index contributed by atoms with van der Waals surface area (Å²) >= 11 is 0. The van der Waals surface area contributed by atoms with Crippen molar-refractivity contribution in [1.29, 1.82) is 0 Å². The predicted octanol–water partition coefficient (Wildman–Crippen LogP) is -0.103. The summed E-state index contributed by atoms with van der Waals surface area (Å²) in [7, 11) is 1.53. The molecule has 0 aromatic carbocycles. The molecule has 1 atom stereocenters. The van der Waals surface area contributed by atoms with E-state index in [1.54, 1.807) is 0 Å². The van der Waals surface area contributed by atoms with Crippen molar-refractivity contribution in [2.24, 2.45) is 0 Å². The Kier molecular flexibility index (Phi) is 7.57. The molecule has 88 valence electrons. The smallest absolute Gasteiger partial charge is 0.326 e. The number of nitrogens with one attached hydrogen (secondary N) is 2. The van der Waals surface area contributed by atoms with Crippen molar-refractivity contribution in [3.63, 3.8) is 0 Å². The molecule has 0 unspecified atom stereocenters. The summed E-state index contributed by atoms with van der Waals surface area (Å²) < 4.78 is 0. The van der Waals surface area contributed by atoms with E-state index in [0.29, 0.717) is 19.4 Å². The predicted molar refractivity (Wildman–Crippen MR) is 54.1 cm³/mol. The van der Waals surface area contributed by atoms with E-state index < -0.39 is 12.0 Å². The van der Waals surface area contributed by atoms with Crippen LogP contribution in [-0.2, 0) is 14.4 Å². The second-order valence-electron chi connectivity index (χ2n) is 3.19. The van der Waals surface area contributed by atoms with Crippen molar-refractivity contribution in [1.82, 2.24) is 10.8 Å². The summed E-state index contributed by atoms with van der Waals surface area (Å²) in [6.45, 7) is 1.98. The summed E-state index contributed by atoms with van der Waals surface area (Å²) in [5, 5.41) is 11.1. The molecule has 6 heteroatoms. The Balaban J connectivity index is 3.67. The first kappa shape index (κ1) is 13.9. The highest BCUT2D eigenvalue weighted by Gasteiger charge is 2.17. The largest absolute Gasteiger partial charge is 0.480 e. The van der Waals surface area contributed by atoms with Gasteiger partial charge in [0.2, 0.25) is 5.91 Å². The Hall–Kier alpha value is -1.14. The van der Waals surface area contributed by atoms with Crippen LogP contribution in [0.4, 0.5) is 0 Å². The van der Waals surface area contributed by atoms with E-state index in [1.807, 2.05) is 0 Å². The third-order valence-corrected chi connectivity index (χ3v) is 1.84. The molecular weight excluding hydrogens is 200 g/mol. The minimum atomic E-state index is -0.995. The maximum atomic E-state index is 10.7. The third kappa shape index (κ3) is 7.90. The first-order chi connectivity index (χ1) is 7.07. The number of carboxylic acids is 1. The van der Waals surface area contributed by atoms with Crippen molar-refractivity contribution in [2.75, 3.05) is 13.7 Å². The highest BCUT2D eigenvalue weighted by molar-refractivity contribution is 5.81. The van der Waals surface area contributed by atoms with Crippen LogP contribution in [0.1, 0.15) is 26.2 Å². The van der Waals surface area contributed by atoms with E-state index in [-0.39, 0.29) is 5.91 Å². The van der Waals surface area contributed by atoms with Gasteiger partial charge in [-0.3, -0.25) is 4.79 Å². The van der Waals surface area contributed by atoms with E-state index in [4.69, 9.17) is 5.11 Å². The molecule has 0 aromatic heterocycles. The van der Waals surface area contributed by atoms with Gasteiger partial charge in [-0.25, -0.2) is 10.3 Å². The van der Waals surface area contributed by atoms with Gasteiger partial charge in [0.05, 0.1) is 7.11 Å². The van der Waals surface area contributed by atoms with Gasteiger partial charge >= 0.3 is 5.97 Å². The van der Waals surface area contributed by atoms with Gasteiger partial charge < -0.3 is 15.3 Å². The van der Waals surface area contributed by atoms with E-state index >= 15 is 0 Å². The number of carbonyl (C=O) groups is 2. The second-order valence-corrected chi connectivity index (χ2v) is 3.19. The quantitative estimate of drug-likeness (QED) is 0.391. The highest BCUT2D eigenvalue weighted by Crippen LogP contribution is 2.00. The first-order valence-corrected chi connectivity index (χ1v) is 4.83. The zero-order chi connectivity index (χ0) is 11.7. The molecule has 0 fully saturated rings. The van der Waals surface area contributed by atoms with Gasteiger partial charge in [-0.05, 0) is 19.3 Å². The second kappa shape index (κ2) is 8.19. The van der Waals surface area contributed by atoms with Crippen molar-refractivity contribution in [3.8, 4) is 0 Å². The Bertz CT molecular complexity index is 208. The molecule has 0 heterocycles. The van der Waals surface area contributed by atoms with Gasteiger partial charge in [0.1, 0.15) is 6.04 Å². The molecule has 0 radical (unpaired) electrons. The topological polar surface area (TPSA) is 87.7 Å². The molecule has 0 aliphatic carbocycles. The van der Waals surface area contributed by atoms with Crippen molar-refractivity contribution in [2.45, 2.75) is 32.2 Å². The number of unbranched alkanes of at least 4 members (excludes halogenated alkanes) is 1. The Labute approximate surface area is 88.9 Å². The number of hydrogen-bond acceptors (Lipinski definition) is 4. The van der Waals surface area contributed by atoms with Crippen molar-refractivity contribution in [3.05, 3.63) is 0 Å². The van der Waals surface area contributed by atoms with Crippen LogP contribution in [0, 0.1) is 0 Å². The SMILES string of the molecule is CONCCCC[C@H](NC(C)=O)C(=O)O. The number of carboxylic acid groups (broad SMARTS) is 1. The van der Waals surface area contributed by atoms with E-state index in [1.165, 1.54) is 14.0 Å². The van der Waals surface area contributed by atoms with E-state index in [2.05, 4.69) is 15.6 Å². The average Bonchev–Trinajstić information content (AvgIpc) is 2.15. The van der Waals surface area contributed by atoms with Crippen LogP contribution < -0.4 is 10.8 Å². The molecule has 0 spiro atoms. The highest BCUT2D eigenvalue weighted by atomic mass is 16.6. The van der Waals surface area contributed by atoms with Crippen LogP contribution in [0.5, 0.6) is 0 Å². The Morgan fingerprint density at radius 1 is 1.40 bits per heavy atom. The molecule has 0 bridgehead atoms. The fourth-order valence-corrected chi connectivity index (χ4v) is 1.15. The lowest BCUT2D eigenvalue weighted by molar-refractivity contribution is -0.141. The third-order valence-electron chi connectivity index (χ3n) is 1.84. The van der Waals surface area contributed by atoms with Crippen LogP contribution in [0.3, 0.4) is 0 Å².